The molecule has 0 atom stereocenters. The Morgan fingerprint density at radius 1 is 1.37 bits per heavy atom. The van der Waals surface area contributed by atoms with Crippen LogP contribution in [0.2, 0.25) is 0 Å². The first-order valence-corrected chi connectivity index (χ1v) is 5.88. The first-order valence-electron chi connectivity index (χ1n) is 5.47. The Balaban J connectivity index is 2.26. The van der Waals surface area contributed by atoms with Crippen molar-refractivity contribution >= 4 is 28.7 Å². The van der Waals surface area contributed by atoms with Crippen molar-refractivity contribution in [1.82, 2.24) is 4.98 Å². The molecular formula is C13H12FN3OS. The van der Waals surface area contributed by atoms with Crippen molar-refractivity contribution in [2.24, 2.45) is 5.73 Å². The van der Waals surface area contributed by atoms with E-state index in [9.17, 15) is 4.39 Å². The Bertz CT molecular complexity index is 619. The van der Waals surface area contributed by atoms with Gasteiger partial charge in [-0.05, 0) is 24.3 Å². The molecule has 0 saturated carbocycles. The van der Waals surface area contributed by atoms with Gasteiger partial charge in [-0.25, -0.2) is 9.37 Å². The zero-order valence-corrected chi connectivity index (χ0v) is 11.0. The summed E-state index contributed by atoms with van der Waals surface area (Å²) >= 11 is 4.86. The number of methoxy groups -OCH3 is 1. The molecule has 19 heavy (non-hydrogen) atoms. The third kappa shape index (κ3) is 3.17. The molecule has 0 aliphatic rings. The van der Waals surface area contributed by atoms with E-state index in [4.69, 9.17) is 22.7 Å². The Morgan fingerprint density at radius 3 is 2.84 bits per heavy atom. The molecule has 0 aliphatic heterocycles. The third-order valence-corrected chi connectivity index (χ3v) is 2.63. The fourth-order valence-corrected chi connectivity index (χ4v) is 1.64. The van der Waals surface area contributed by atoms with Gasteiger partial charge in [-0.15, -0.1) is 0 Å². The second-order valence-electron chi connectivity index (χ2n) is 3.75. The molecule has 0 saturated heterocycles. The van der Waals surface area contributed by atoms with E-state index in [2.05, 4.69) is 10.3 Å². The highest BCUT2D eigenvalue weighted by molar-refractivity contribution is 7.80. The molecule has 0 spiro atoms. The number of hydrogen-bond donors (Lipinski definition) is 2. The maximum absolute atomic E-state index is 13.3. The Labute approximate surface area is 115 Å². The van der Waals surface area contributed by atoms with E-state index in [0.29, 0.717) is 17.2 Å². The van der Waals surface area contributed by atoms with E-state index in [1.54, 1.807) is 30.3 Å². The second-order valence-corrected chi connectivity index (χ2v) is 4.19. The summed E-state index contributed by atoms with van der Waals surface area (Å²) in [5, 5.41) is 3.03. The lowest BCUT2D eigenvalue weighted by Crippen LogP contribution is -2.12. The number of nitrogens with two attached hydrogens (primary N) is 1. The molecule has 0 amide bonds. The van der Waals surface area contributed by atoms with Crippen LogP contribution in [-0.2, 0) is 0 Å². The van der Waals surface area contributed by atoms with Crippen LogP contribution in [0.25, 0.3) is 0 Å². The summed E-state index contributed by atoms with van der Waals surface area (Å²) in [6.45, 7) is 0. The predicted octanol–water partition coefficient (Wildman–Crippen LogP) is 2.61. The molecule has 0 bridgehead atoms. The zero-order valence-electron chi connectivity index (χ0n) is 10.2. The number of hydrogen-bond acceptors (Lipinski definition) is 4. The van der Waals surface area contributed by atoms with Crippen LogP contribution in [0.1, 0.15) is 5.69 Å². The fourth-order valence-electron chi connectivity index (χ4n) is 1.53. The van der Waals surface area contributed by atoms with Crippen molar-refractivity contribution in [2.45, 2.75) is 0 Å². The normalized spacial score (nSPS) is 10.0. The van der Waals surface area contributed by atoms with Gasteiger partial charge in [0.1, 0.15) is 10.8 Å². The molecule has 0 fully saturated rings. The van der Waals surface area contributed by atoms with Crippen molar-refractivity contribution in [3.63, 3.8) is 0 Å². The van der Waals surface area contributed by atoms with E-state index in [0.717, 1.165) is 0 Å². The topological polar surface area (TPSA) is 60.2 Å². The summed E-state index contributed by atoms with van der Waals surface area (Å²) in [4.78, 5) is 4.46. The highest BCUT2D eigenvalue weighted by Gasteiger charge is 2.05. The molecule has 1 aromatic heterocycles. The summed E-state index contributed by atoms with van der Waals surface area (Å²) in [5.74, 6) is 0.312. The summed E-state index contributed by atoms with van der Waals surface area (Å²) in [6, 6.07) is 9.72. The highest BCUT2D eigenvalue weighted by atomic mass is 32.1. The smallest absolute Gasteiger partial charge is 0.165 e. The van der Waals surface area contributed by atoms with E-state index >= 15 is 0 Å². The van der Waals surface area contributed by atoms with Crippen LogP contribution < -0.4 is 15.8 Å². The number of benzene rings is 1. The summed E-state index contributed by atoms with van der Waals surface area (Å²) in [5.41, 5.74) is 6.69. The van der Waals surface area contributed by atoms with E-state index in [-0.39, 0.29) is 10.7 Å². The molecule has 98 valence electrons. The van der Waals surface area contributed by atoms with Crippen LogP contribution in [0, 0.1) is 5.82 Å². The molecule has 1 aromatic carbocycles. The average molecular weight is 277 g/mol. The molecule has 0 aliphatic carbocycles. The van der Waals surface area contributed by atoms with E-state index in [1.165, 1.54) is 13.2 Å². The van der Waals surface area contributed by atoms with E-state index < -0.39 is 5.82 Å². The van der Waals surface area contributed by atoms with Gasteiger partial charge in [-0.2, -0.15) is 0 Å². The van der Waals surface area contributed by atoms with Crippen molar-refractivity contribution < 1.29 is 9.13 Å². The lowest BCUT2D eigenvalue weighted by atomic mass is 10.2. The van der Waals surface area contributed by atoms with Crippen LogP contribution in [0.5, 0.6) is 5.75 Å². The van der Waals surface area contributed by atoms with E-state index in [1.807, 2.05) is 0 Å². The Kier molecular flexibility index (Phi) is 3.91. The van der Waals surface area contributed by atoms with Crippen molar-refractivity contribution in [1.29, 1.82) is 0 Å². The molecule has 2 aromatic rings. The highest BCUT2D eigenvalue weighted by Crippen LogP contribution is 2.23. The molecule has 3 N–H and O–H groups in total. The van der Waals surface area contributed by atoms with Gasteiger partial charge in [0.25, 0.3) is 0 Å². The number of nitrogens with one attached hydrogen (secondary N) is 1. The Morgan fingerprint density at radius 2 is 2.16 bits per heavy atom. The van der Waals surface area contributed by atoms with Crippen LogP contribution in [0.15, 0.2) is 36.4 Å². The number of rotatable bonds is 4. The molecule has 4 nitrogen and oxygen atoms in total. The number of halogens is 1. The van der Waals surface area contributed by atoms with Gasteiger partial charge >= 0.3 is 0 Å². The van der Waals surface area contributed by atoms with Crippen LogP contribution in [0.4, 0.5) is 15.9 Å². The van der Waals surface area contributed by atoms with Crippen LogP contribution in [-0.4, -0.2) is 17.1 Å². The molecule has 0 radical (unpaired) electrons. The average Bonchev–Trinajstić information content (AvgIpc) is 2.41. The summed E-state index contributed by atoms with van der Waals surface area (Å²) in [6.07, 6.45) is 0. The van der Waals surface area contributed by atoms with Crippen LogP contribution >= 0.6 is 12.2 Å². The van der Waals surface area contributed by atoms with Crippen molar-refractivity contribution in [3.8, 4) is 5.75 Å². The van der Waals surface area contributed by atoms with Crippen LogP contribution in [0.3, 0.4) is 0 Å². The first kappa shape index (κ1) is 13.2. The maximum Gasteiger partial charge on any atom is 0.165 e. The summed E-state index contributed by atoms with van der Waals surface area (Å²) < 4.78 is 18.2. The number of anilines is 2. The van der Waals surface area contributed by atoms with Gasteiger partial charge in [-0.1, -0.05) is 18.3 Å². The minimum atomic E-state index is -0.419. The molecule has 2 rings (SSSR count). The molecule has 6 heteroatoms. The van der Waals surface area contributed by atoms with Gasteiger partial charge < -0.3 is 15.8 Å². The third-order valence-electron chi connectivity index (χ3n) is 2.43. The molecule has 1 heterocycles. The molecular weight excluding hydrogens is 265 g/mol. The van der Waals surface area contributed by atoms with Crippen molar-refractivity contribution in [3.05, 3.63) is 47.9 Å². The van der Waals surface area contributed by atoms with Gasteiger partial charge in [0, 0.05) is 11.8 Å². The largest absolute Gasteiger partial charge is 0.494 e. The Hall–Kier alpha value is -2.21. The zero-order chi connectivity index (χ0) is 13.8. The first-order chi connectivity index (χ1) is 9.10. The summed E-state index contributed by atoms with van der Waals surface area (Å²) in [7, 11) is 1.41. The minimum Gasteiger partial charge on any atom is -0.494 e. The lowest BCUT2D eigenvalue weighted by Gasteiger charge is -2.09. The van der Waals surface area contributed by atoms with Crippen molar-refractivity contribution in [2.75, 3.05) is 12.4 Å². The number of pyridine rings is 1. The number of nitrogens with zero attached hydrogens (tertiary/aromatic N) is 1. The minimum absolute atomic E-state index is 0.163. The van der Waals surface area contributed by atoms with Gasteiger partial charge in [0.05, 0.1) is 12.8 Å². The number of aromatic nitrogens is 1. The van der Waals surface area contributed by atoms with Gasteiger partial charge in [0.2, 0.25) is 0 Å². The maximum atomic E-state index is 13.3. The monoisotopic (exact) mass is 277 g/mol. The van der Waals surface area contributed by atoms with Gasteiger partial charge in [0.15, 0.2) is 11.6 Å². The quantitative estimate of drug-likeness (QED) is 0.841. The molecule has 0 unspecified atom stereocenters. The fraction of sp³-hybridized carbons (Fsp3) is 0.0769. The lowest BCUT2D eigenvalue weighted by molar-refractivity contribution is 0.387. The second kappa shape index (κ2) is 5.62. The predicted molar refractivity (Wildman–Crippen MR) is 76.4 cm³/mol. The standard InChI is InChI=1S/C13H12FN3OS/c1-18-11-7-8(5-6-9(11)14)16-12-4-2-3-10(17-12)13(15)19/h2-7H,1H3,(H2,15,19)(H,16,17). The van der Waals surface area contributed by atoms with Gasteiger partial charge in [-0.3, -0.25) is 0 Å². The SMILES string of the molecule is COc1cc(Nc2cccc(C(N)=S)n2)ccc1F. The number of thiocarbonyl (C=S) groups is 1. The number of ether oxygens (including phenoxy) is 1.